The summed E-state index contributed by atoms with van der Waals surface area (Å²) in [5.41, 5.74) is 1.73. The van der Waals surface area contributed by atoms with Gasteiger partial charge in [-0.15, -0.1) is 0 Å². The zero-order valence-electron chi connectivity index (χ0n) is 18.8. The van der Waals surface area contributed by atoms with Gasteiger partial charge in [-0.3, -0.25) is 9.59 Å². The van der Waals surface area contributed by atoms with E-state index < -0.39 is 24.0 Å². The van der Waals surface area contributed by atoms with Crippen molar-refractivity contribution < 1.29 is 19.5 Å². The van der Waals surface area contributed by atoms with Crippen molar-refractivity contribution in [2.24, 2.45) is 0 Å². The largest absolute Gasteiger partial charge is 0.480 e. The second-order valence-electron chi connectivity index (χ2n) is 8.34. The van der Waals surface area contributed by atoms with Crippen LogP contribution in [0.1, 0.15) is 18.1 Å². The first kappa shape index (κ1) is 23.0. The van der Waals surface area contributed by atoms with Crippen LogP contribution in [-0.4, -0.2) is 35.0 Å². The summed E-state index contributed by atoms with van der Waals surface area (Å²) in [7, 11) is 0. The number of carboxylic acids is 1. The van der Waals surface area contributed by atoms with Gasteiger partial charge in [0.15, 0.2) is 0 Å². The van der Waals surface area contributed by atoms with Gasteiger partial charge in [-0.25, -0.2) is 4.79 Å². The topological polar surface area (TPSA) is 95.5 Å². The zero-order chi connectivity index (χ0) is 24.1. The highest BCUT2D eigenvalue weighted by molar-refractivity contribution is 6.03. The summed E-state index contributed by atoms with van der Waals surface area (Å²) < 4.78 is 0. The van der Waals surface area contributed by atoms with Crippen molar-refractivity contribution in [3.8, 4) is 0 Å². The van der Waals surface area contributed by atoms with Crippen molar-refractivity contribution in [2.45, 2.75) is 31.8 Å². The lowest BCUT2D eigenvalue weighted by molar-refractivity contribution is -0.142. The minimum atomic E-state index is -1.16. The Morgan fingerprint density at radius 1 is 0.735 bits per heavy atom. The lowest BCUT2D eigenvalue weighted by Gasteiger charge is -2.22. The van der Waals surface area contributed by atoms with E-state index in [1.807, 2.05) is 78.9 Å². The van der Waals surface area contributed by atoms with Crippen LogP contribution in [0.5, 0.6) is 0 Å². The molecule has 0 aliphatic heterocycles. The van der Waals surface area contributed by atoms with E-state index in [9.17, 15) is 19.5 Å². The highest BCUT2D eigenvalue weighted by Gasteiger charge is 2.27. The Labute approximate surface area is 197 Å². The van der Waals surface area contributed by atoms with Gasteiger partial charge >= 0.3 is 5.97 Å². The van der Waals surface area contributed by atoms with Crippen LogP contribution in [0.3, 0.4) is 0 Å². The van der Waals surface area contributed by atoms with E-state index in [1.54, 1.807) is 0 Å². The number of aliphatic carboxylic acids is 1. The maximum Gasteiger partial charge on any atom is 0.326 e. The molecular weight excluding hydrogens is 428 g/mol. The van der Waals surface area contributed by atoms with Gasteiger partial charge in [-0.05, 0) is 38.7 Å². The van der Waals surface area contributed by atoms with Gasteiger partial charge in [0.2, 0.25) is 11.8 Å². The summed E-state index contributed by atoms with van der Waals surface area (Å²) in [6.07, 6.45) is 0.372. The third-order valence-electron chi connectivity index (χ3n) is 5.88. The summed E-state index contributed by atoms with van der Waals surface area (Å²) in [4.78, 5) is 37.1. The molecule has 0 saturated carbocycles. The maximum atomic E-state index is 13.1. The molecule has 0 fully saturated rings. The van der Waals surface area contributed by atoms with Crippen molar-refractivity contribution in [3.63, 3.8) is 0 Å². The quantitative estimate of drug-likeness (QED) is 0.353. The van der Waals surface area contributed by atoms with Gasteiger partial charge in [0.25, 0.3) is 0 Å². The van der Waals surface area contributed by atoms with Crippen molar-refractivity contribution in [1.82, 2.24) is 10.6 Å². The first-order chi connectivity index (χ1) is 16.4. The molecule has 0 aliphatic carbocycles. The monoisotopic (exact) mass is 454 g/mol. The molecule has 0 bridgehead atoms. The van der Waals surface area contributed by atoms with E-state index in [-0.39, 0.29) is 18.7 Å². The molecule has 2 atom stereocenters. The van der Waals surface area contributed by atoms with Crippen molar-refractivity contribution in [3.05, 3.63) is 96.1 Å². The predicted octanol–water partition coefficient (Wildman–Crippen LogP) is 3.85. The van der Waals surface area contributed by atoms with E-state index in [4.69, 9.17) is 0 Å². The van der Waals surface area contributed by atoms with Gasteiger partial charge in [0.05, 0.1) is 0 Å². The Bertz CT molecular complexity index is 1300. The van der Waals surface area contributed by atoms with E-state index in [0.29, 0.717) is 0 Å². The van der Waals surface area contributed by atoms with Gasteiger partial charge in [-0.1, -0.05) is 78.9 Å². The number of hydrogen-bond donors (Lipinski definition) is 3. The van der Waals surface area contributed by atoms with Crippen LogP contribution in [0.15, 0.2) is 84.9 Å². The number of carbonyl (C=O) groups excluding carboxylic acids is 2. The number of nitrogens with one attached hydrogen (secondary N) is 2. The summed E-state index contributed by atoms with van der Waals surface area (Å²) in [5.74, 6) is -2.02. The number of carbonyl (C=O) groups is 3. The molecule has 0 radical (unpaired) electrons. The van der Waals surface area contributed by atoms with Crippen LogP contribution in [0, 0.1) is 0 Å². The molecule has 0 unspecified atom stereocenters. The molecule has 0 heterocycles. The number of amides is 2. The molecule has 3 N–H and O–H groups in total. The molecule has 2 amide bonds. The highest BCUT2D eigenvalue weighted by Crippen LogP contribution is 2.29. The SMILES string of the molecule is CC(=O)N[C@@H](Cc1ccccc1)C(=O)N[C@H](Cc1c2ccccc2cc2ccccc12)C(=O)O. The molecule has 0 saturated heterocycles. The fourth-order valence-corrected chi connectivity index (χ4v) is 4.31. The molecule has 6 heteroatoms. The number of rotatable bonds is 8. The first-order valence-corrected chi connectivity index (χ1v) is 11.2. The molecule has 4 aromatic rings. The standard InChI is InChI=1S/C28H26N2O4/c1-18(31)29-25(15-19-9-3-2-4-10-19)27(32)30-26(28(33)34)17-24-22-13-7-5-11-20(22)16-21-12-6-8-14-23(21)24/h2-14,16,25-26H,15,17H2,1H3,(H,29,31)(H,30,32)(H,33,34)/t25-,26+/m0/s1. The van der Waals surface area contributed by atoms with Crippen molar-refractivity contribution in [2.75, 3.05) is 0 Å². The first-order valence-electron chi connectivity index (χ1n) is 11.2. The summed E-state index contributed by atoms with van der Waals surface area (Å²) in [5, 5.41) is 19.2. The molecule has 0 aliphatic rings. The van der Waals surface area contributed by atoms with Gasteiger partial charge < -0.3 is 15.7 Å². The number of benzene rings is 4. The third kappa shape index (κ3) is 5.23. The summed E-state index contributed by atoms with van der Waals surface area (Å²) >= 11 is 0. The Balaban J connectivity index is 1.65. The van der Waals surface area contributed by atoms with E-state index in [1.165, 1.54) is 6.92 Å². The van der Waals surface area contributed by atoms with Crippen LogP contribution >= 0.6 is 0 Å². The molecule has 34 heavy (non-hydrogen) atoms. The van der Waals surface area contributed by atoms with Crippen LogP contribution in [0.25, 0.3) is 21.5 Å². The van der Waals surface area contributed by atoms with Crippen LogP contribution in [0.2, 0.25) is 0 Å². The minimum Gasteiger partial charge on any atom is -0.480 e. The van der Waals surface area contributed by atoms with Gasteiger partial charge in [-0.2, -0.15) is 0 Å². The Kier molecular flexibility index (Phi) is 6.87. The van der Waals surface area contributed by atoms with E-state index in [0.717, 1.165) is 32.7 Å². The molecule has 172 valence electrons. The van der Waals surface area contributed by atoms with Crippen LogP contribution in [0.4, 0.5) is 0 Å². The molecule has 4 rings (SSSR count). The Hall–Kier alpha value is -4.19. The van der Waals surface area contributed by atoms with Crippen LogP contribution in [-0.2, 0) is 27.2 Å². The van der Waals surface area contributed by atoms with Crippen LogP contribution < -0.4 is 10.6 Å². The number of carboxylic acid groups (broad SMARTS) is 1. The average molecular weight is 455 g/mol. The Morgan fingerprint density at radius 3 is 1.85 bits per heavy atom. The second kappa shape index (κ2) is 10.2. The minimum absolute atomic E-state index is 0.112. The highest BCUT2D eigenvalue weighted by atomic mass is 16.4. The molecular formula is C28H26N2O4. The predicted molar refractivity (Wildman–Crippen MR) is 132 cm³/mol. The third-order valence-corrected chi connectivity index (χ3v) is 5.88. The van der Waals surface area contributed by atoms with E-state index >= 15 is 0 Å². The summed E-state index contributed by atoms with van der Waals surface area (Å²) in [6.45, 7) is 1.34. The molecule has 6 nitrogen and oxygen atoms in total. The lowest BCUT2D eigenvalue weighted by Crippen LogP contribution is -2.52. The number of hydrogen-bond acceptors (Lipinski definition) is 3. The average Bonchev–Trinajstić information content (AvgIpc) is 2.83. The molecule has 4 aromatic carbocycles. The van der Waals surface area contributed by atoms with Gasteiger partial charge in [0, 0.05) is 19.8 Å². The maximum absolute atomic E-state index is 13.1. The van der Waals surface area contributed by atoms with E-state index in [2.05, 4.69) is 16.7 Å². The van der Waals surface area contributed by atoms with Crippen molar-refractivity contribution in [1.29, 1.82) is 0 Å². The molecule has 0 aromatic heterocycles. The van der Waals surface area contributed by atoms with Gasteiger partial charge in [0.1, 0.15) is 12.1 Å². The fraction of sp³-hybridized carbons (Fsp3) is 0.179. The summed E-state index contributed by atoms with van der Waals surface area (Å²) in [6, 6.07) is 25.0. The number of fused-ring (bicyclic) bond motifs is 2. The fourth-order valence-electron chi connectivity index (χ4n) is 4.31. The Morgan fingerprint density at radius 2 is 1.29 bits per heavy atom. The molecule has 0 spiro atoms. The lowest BCUT2D eigenvalue weighted by atomic mass is 9.92. The normalized spacial score (nSPS) is 12.7. The zero-order valence-corrected chi connectivity index (χ0v) is 18.8. The van der Waals surface area contributed by atoms with Crippen molar-refractivity contribution >= 4 is 39.3 Å². The second-order valence-corrected chi connectivity index (χ2v) is 8.34. The smallest absolute Gasteiger partial charge is 0.326 e.